The van der Waals surface area contributed by atoms with Gasteiger partial charge in [0.2, 0.25) is 5.91 Å². The molecule has 4 heteroatoms. The maximum absolute atomic E-state index is 11.6. The lowest BCUT2D eigenvalue weighted by Gasteiger charge is -2.12. The zero-order valence-electron chi connectivity index (χ0n) is 11.4. The number of carbonyl (C=O) groups excluding carboxylic acids is 1. The Morgan fingerprint density at radius 3 is 2.79 bits per heavy atom. The number of benzene rings is 1. The van der Waals surface area contributed by atoms with Crippen molar-refractivity contribution in [1.82, 2.24) is 10.6 Å². The zero-order chi connectivity index (χ0) is 13.5. The summed E-state index contributed by atoms with van der Waals surface area (Å²) in [5, 5.41) is 6.56. The lowest BCUT2D eigenvalue weighted by atomic mass is 10.4. The summed E-state index contributed by atoms with van der Waals surface area (Å²) >= 11 is 1.79. The van der Waals surface area contributed by atoms with E-state index in [4.69, 9.17) is 0 Å². The zero-order valence-corrected chi connectivity index (χ0v) is 12.2. The molecule has 0 saturated heterocycles. The van der Waals surface area contributed by atoms with E-state index in [-0.39, 0.29) is 5.91 Å². The third-order valence-electron chi connectivity index (χ3n) is 3.08. The molecule has 1 aliphatic rings. The van der Waals surface area contributed by atoms with E-state index in [1.807, 2.05) is 18.2 Å². The Morgan fingerprint density at radius 1 is 1.37 bits per heavy atom. The van der Waals surface area contributed by atoms with E-state index in [0.29, 0.717) is 18.3 Å². The van der Waals surface area contributed by atoms with Crippen LogP contribution < -0.4 is 10.6 Å². The van der Waals surface area contributed by atoms with Gasteiger partial charge in [0.25, 0.3) is 0 Å². The van der Waals surface area contributed by atoms with Gasteiger partial charge in [0, 0.05) is 16.7 Å². The van der Waals surface area contributed by atoms with Crippen LogP contribution in [0.15, 0.2) is 35.2 Å². The molecule has 1 fully saturated rings. The summed E-state index contributed by atoms with van der Waals surface area (Å²) in [6.45, 7) is 4.28. The number of amides is 1. The van der Waals surface area contributed by atoms with Gasteiger partial charge >= 0.3 is 0 Å². The van der Waals surface area contributed by atoms with Crippen LogP contribution in [-0.2, 0) is 4.79 Å². The average molecular weight is 278 g/mol. The fourth-order valence-corrected chi connectivity index (χ4v) is 2.75. The SMILES string of the molecule is CC(CNC(=O)CNCC1CC1)Sc1ccccc1. The van der Waals surface area contributed by atoms with E-state index in [9.17, 15) is 4.79 Å². The second kappa shape index (κ2) is 7.56. The van der Waals surface area contributed by atoms with Crippen molar-refractivity contribution in [2.75, 3.05) is 19.6 Å². The van der Waals surface area contributed by atoms with Crippen molar-refractivity contribution in [3.8, 4) is 0 Å². The molecule has 0 aromatic heterocycles. The molecule has 2 rings (SSSR count). The molecule has 2 N–H and O–H groups in total. The molecule has 1 aromatic rings. The molecule has 0 heterocycles. The van der Waals surface area contributed by atoms with Crippen LogP contribution in [0.2, 0.25) is 0 Å². The lowest BCUT2D eigenvalue weighted by molar-refractivity contribution is -0.120. The smallest absolute Gasteiger partial charge is 0.233 e. The number of hydrogen-bond donors (Lipinski definition) is 2. The summed E-state index contributed by atoms with van der Waals surface area (Å²) in [7, 11) is 0. The first kappa shape index (κ1) is 14.4. The van der Waals surface area contributed by atoms with Crippen LogP contribution in [-0.4, -0.2) is 30.8 Å². The summed E-state index contributed by atoms with van der Waals surface area (Å²) < 4.78 is 0. The molecule has 1 atom stereocenters. The largest absolute Gasteiger partial charge is 0.354 e. The Balaban J connectivity index is 1.57. The van der Waals surface area contributed by atoms with E-state index in [1.54, 1.807) is 11.8 Å². The maximum Gasteiger partial charge on any atom is 0.233 e. The van der Waals surface area contributed by atoms with E-state index < -0.39 is 0 Å². The second-order valence-electron chi connectivity index (χ2n) is 5.12. The summed E-state index contributed by atoms with van der Waals surface area (Å²) in [5.41, 5.74) is 0. The highest BCUT2D eigenvalue weighted by atomic mass is 32.2. The van der Waals surface area contributed by atoms with E-state index in [2.05, 4.69) is 29.7 Å². The molecule has 1 unspecified atom stereocenters. The Bertz CT molecular complexity index is 392. The molecule has 1 aliphatic carbocycles. The molecular weight excluding hydrogens is 256 g/mol. The summed E-state index contributed by atoms with van der Waals surface area (Å²) in [5.74, 6) is 0.918. The molecule has 3 nitrogen and oxygen atoms in total. The minimum absolute atomic E-state index is 0.0983. The highest BCUT2D eigenvalue weighted by molar-refractivity contribution is 8.00. The Morgan fingerprint density at radius 2 is 2.11 bits per heavy atom. The molecule has 104 valence electrons. The van der Waals surface area contributed by atoms with Gasteiger partial charge in [-0.15, -0.1) is 11.8 Å². The van der Waals surface area contributed by atoms with Crippen molar-refractivity contribution in [3.05, 3.63) is 30.3 Å². The van der Waals surface area contributed by atoms with Crippen molar-refractivity contribution in [1.29, 1.82) is 0 Å². The van der Waals surface area contributed by atoms with Gasteiger partial charge in [-0.25, -0.2) is 0 Å². The van der Waals surface area contributed by atoms with Gasteiger partial charge in [0.05, 0.1) is 6.54 Å². The van der Waals surface area contributed by atoms with Crippen molar-refractivity contribution in [3.63, 3.8) is 0 Å². The summed E-state index contributed by atoms with van der Waals surface area (Å²) in [6.07, 6.45) is 2.64. The van der Waals surface area contributed by atoms with Gasteiger partial charge in [-0.05, 0) is 37.4 Å². The van der Waals surface area contributed by atoms with Crippen LogP contribution in [0.25, 0.3) is 0 Å². The Kier molecular flexibility index (Phi) is 5.73. The first-order chi connectivity index (χ1) is 9.24. The van der Waals surface area contributed by atoms with Gasteiger partial charge in [-0.1, -0.05) is 25.1 Å². The van der Waals surface area contributed by atoms with E-state index >= 15 is 0 Å². The van der Waals surface area contributed by atoms with Crippen molar-refractivity contribution >= 4 is 17.7 Å². The Hall–Kier alpha value is -1.00. The molecule has 1 saturated carbocycles. The monoisotopic (exact) mass is 278 g/mol. The topological polar surface area (TPSA) is 41.1 Å². The molecule has 0 bridgehead atoms. The summed E-state index contributed by atoms with van der Waals surface area (Å²) in [6, 6.07) is 10.3. The van der Waals surface area contributed by atoms with Crippen LogP contribution >= 0.6 is 11.8 Å². The van der Waals surface area contributed by atoms with Gasteiger partial charge in [-0.3, -0.25) is 4.79 Å². The Labute approximate surface area is 119 Å². The maximum atomic E-state index is 11.6. The van der Waals surface area contributed by atoms with Gasteiger partial charge in [-0.2, -0.15) is 0 Å². The molecule has 19 heavy (non-hydrogen) atoms. The molecule has 0 aliphatic heterocycles. The highest BCUT2D eigenvalue weighted by Gasteiger charge is 2.20. The van der Waals surface area contributed by atoms with Crippen LogP contribution in [0, 0.1) is 5.92 Å². The highest BCUT2D eigenvalue weighted by Crippen LogP contribution is 2.27. The molecular formula is C15H22N2OS. The third kappa shape index (κ3) is 6.12. The average Bonchev–Trinajstić information content (AvgIpc) is 3.22. The molecule has 1 amide bonds. The van der Waals surface area contributed by atoms with Crippen molar-refractivity contribution < 1.29 is 4.79 Å². The predicted octanol–water partition coefficient (Wildman–Crippen LogP) is 2.28. The molecule has 0 spiro atoms. The van der Waals surface area contributed by atoms with E-state index in [1.165, 1.54) is 17.7 Å². The fourth-order valence-electron chi connectivity index (χ4n) is 1.80. The fraction of sp³-hybridized carbons (Fsp3) is 0.533. The standard InChI is InChI=1S/C15H22N2OS/c1-12(19-14-5-3-2-4-6-14)9-17-15(18)11-16-10-13-7-8-13/h2-6,12-13,16H,7-11H2,1H3,(H,17,18). The van der Waals surface area contributed by atoms with E-state index in [0.717, 1.165) is 12.5 Å². The first-order valence-corrected chi connectivity index (χ1v) is 7.81. The van der Waals surface area contributed by atoms with Crippen LogP contribution in [0.1, 0.15) is 19.8 Å². The van der Waals surface area contributed by atoms with Crippen molar-refractivity contribution in [2.24, 2.45) is 5.92 Å². The van der Waals surface area contributed by atoms with Crippen LogP contribution in [0.3, 0.4) is 0 Å². The minimum atomic E-state index is 0.0983. The number of carbonyl (C=O) groups is 1. The van der Waals surface area contributed by atoms with Gasteiger partial charge in [0.15, 0.2) is 0 Å². The minimum Gasteiger partial charge on any atom is -0.354 e. The summed E-state index contributed by atoms with van der Waals surface area (Å²) in [4.78, 5) is 12.9. The number of nitrogens with one attached hydrogen (secondary N) is 2. The quantitative estimate of drug-likeness (QED) is 0.717. The predicted molar refractivity (Wildman–Crippen MR) is 80.4 cm³/mol. The molecule has 1 aromatic carbocycles. The lowest BCUT2D eigenvalue weighted by Crippen LogP contribution is -2.37. The van der Waals surface area contributed by atoms with Crippen molar-refractivity contribution in [2.45, 2.75) is 29.9 Å². The number of thioether (sulfide) groups is 1. The molecule has 0 radical (unpaired) electrons. The third-order valence-corrected chi connectivity index (χ3v) is 4.20. The van der Waals surface area contributed by atoms with Crippen LogP contribution in [0.5, 0.6) is 0 Å². The second-order valence-corrected chi connectivity index (χ2v) is 6.63. The first-order valence-electron chi connectivity index (χ1n) is 6.93. The number of hydrogen-bond acceptors (Lipinski definition) is 3. The number of rotatable bonds is 8. The normalized spacial score (nSPS) is 16.1. The van der Waals surface area contributed by atoms with Crippen LogP contribution in [0.4, 0.5) is 0 Å². The van der Waals surface area contributed by atoms with Gasteiger partial charge < -0.3 is 10.6 Å². The van der Waals surface area contributed by atoms with Gasteiger partial charge in [0.1, 0.15) is 0 Å².